The van der Waals surface area contributed by atoms with Gasteiger partial charge in [0.25, 0.3) is 5.91 Å². The third-order valence-corrected chi connectivity index (χ3v) is 4.40. The Kier molecular flexibility index (Phi) is 7.29. The second-order valence-electron chi connectivity index (χ2n) is 6.24. The van der Waals surface area contributed by atoms with Gasteiger partial charge in [0.05, 0.1) is 25.2 Å². The summed E-state index contributed by atoms with van der Waals surface area (Å²) in [7, 11) is 1.58. The van der Waals surface area contributed by atoms with Crippen LogP contribution in [0.15, 0.2) is 29.6 Å². The monoisotopic (exact) mass is 376 g/mol. The SMILES string of the molecule is COCc1nc(C(=O)NC(CC(=O)OC(C)C)c2ccc(C)cc2)cs1. The van der Waals surface area contributed by atoms with Gasteiger partial charge in [-0.2, -0.15) is 0 Å². The van der Waals surface area contributed by atoms with Crippen molar-refractivity contribution in [2.45, 2.75) is 45.9 Å². The van der Waals surface area contributed by atoms with Crippen LogP contribution >= 0.6 is 11.3 Å². The van der Waals surface area contributed by atoms with Gasteiger partial charge in [0.2, 0.25) is 0 Å². The van der Waals surface area contributed by atoms with Crippen LogP contribution in [-0.4, -0.2) is 30.1 Å². The maximum Gasteiger partial charge on any atom is 0.308 e. The summed E-state index contributed by atoms with van der Waals surface area (Å²) in [4.78, 5) is 28.9. The Balaban J connectivity index is 2.15. The zero-order valence-corrected chi connectivity index (χ0v) is 16.3. The molecular weight excluding hydrogens is 352 g/mol. The molecule has 1 N–H and O–H groups in total. The zero-order chi connectivity index (χ0) is 19.1. The van der Waals surface area contributed by atoms with Crippen LogP contribution in [0.4, 0.5) is 0 Å². The number of hydrogen-bond acceptors (Lipinski definition) is 6. The van der Waals surface area contributed by atoms with Gasteiger partial charge >= 0.3 is 5.97 Å². The van der Waals surface area contributed by atoms with Crippen molar-refractivity contribution in [1.29, 1.82) is 0 Å². The second kappa shape index (κ2) is 9.45. The Morgan fingerprint density at radius 1 is 1.23 bits per heavy atom. The molecule has 6 nitrogen and oxygen atoms in total. The lowest BCUT2D eigenvalue weighted by Gasteiger charge is -2.19. The number of methoxy groups -OCH3 is 1. The summed E-state index contributed by atoms with van der Waals surface area (Å²) in [6.07, 6.45) is -0.144. The maximum absolute atomic E-state index is 12.6. The minimum Gasteiger partial charge on any atom is -0.463 e. The summed E-state index contributed by atoms with van der Waals surface area (Å²) in [5.74, 6) is -0.684. The predicted octanol–water partition coefficient (Wildman–Crippen LogP) is 3.41. The van der Waals surface area contributed by atoms with Crippen molar-refractivity contribution >= 4 is 23.2 Å². The molecular formula is C19H24N2O4S. The molecule has 1 heterocycles. The molecule has 0 saturated carbocycles. The average Bonchev–Trinajstić information content (AvgIpc) is 3.03. The molecule has 0 saturated heterocycles. The van der Waals surface area contributed by atoms with E-state index in [4.69, 9.17) is 9.47 Å². The fraction of sp³-hybridized carbons (Fsp3) is 0.421. The van der Waals surface area contributed by atoms with Crippen molar-refractivity contribution in [2.75, 3.05) is 7.11 Å². The third-order valence-electron chi connectivity index (χ3n) is 3.58. The first-order chi connectivity index (χ1) is 12.4. The molecule has 7 heteroatoms. The van der Waals surface area contributed by atoms with Crippen LogP contribution in [0.1, 0.15) is 52.9 Å². The van der Waals surface area contributed by atoms with Gasteiger partial charge in [0.15, 0.2) is 0 Å². The van der Waals surface area contributed by atoms with Crippen LogP contribution in [0.3, 0.4) is 0 Å². The minimum absolute atomic E-state index is 0.0576. The fourth-order valence-corrected chi connectivity index (χ4v) is 3.11. The Morgan fingerprint density at radius 3 is 2.54 bits per heavy atom. The van der Waals surface area contributed by atoms with Gasteiger partial charge < -0.3 is 14.8 Å². The number of carbonyl (C=O) groups excluding carboxylic acids is 2. The summed E-state index contributed by atoms with van der Waals surface area (Å²) in [6.45, 7) is 5.94. The highest BCUT2D eigenvalue weighted by Gasteiger charge is 2.22. The first kappa shape index (κ1) is 20.1. The van der Waals surface area contributed by atoms with E-state index in [1.165, 1.54) is 11.3 Å². The number of thiazole rings is 1. The number of benzene rings is 1. The van der Waals surface area contributed by atoms with E-state index in [2.05, 4.69) is 10.3 Å². The molecule has 0 aliphatic carbocycles. The number of carbonyl (C=O) groups is 2. The smallest absolute Gasteiger partial charge is 0.308 e. The largest absolute Gasteiger partial charge is 0.463 e. The molecule has 1 aromatic carbocycles. The van der Waals surface area contributed by atoms with E-state index in [-0.39, 0.29) is 24.4 Å². The lowest BCUT2D eigenvalue weighted by atomic mass is 10.0. The van der Waals surface area contributed by atoms with Gasteiger partial charge in [-0.25, -0.2) is 4.98 Å². The van der Waals surface area contributed by atoms with Gasteiger partial charge in [-0.3, -0.25) is 9.59 Å². The van der Waals surface area contributed by atoms with Crippen LogP contribution in [0.5, 0.6) is 0 Å². The van der Waals surface area contributed by atoms with E-state index in [9.17, 15) is 9.59 Å². The standard InChI is InChI=1S/C19H24N2O4S/c1-12(2)25-18(22)9-15(14-7-5-13(3)6-8-14)21-19(23)16-11-26-17(20-16)10-24-4/h5-8,11-12,15H,9-10H2,1-4H3,(H,21,23). The number of aromatic nitrogens is 1. The topological polar surface area (TPSA) is 77.5 Å². The van der Waals surface area contributed by atoms with E-state index >= 15 is 0 Å². The molecule has 0 aliphatic rings. The number of nitrogens with zero attached hydrogens (tertiary/aromatic N) is 1. The summed E-state index contributed by atoms with van der Waals surface area (Å²) in [5.41, 5.74) is 2.26. The van der Waals surface area contributed by atoms with Crippen molar-refractivity contribution in [3.63, 3.8) is 0 Å². The van der Waals surface area contributed by atoms with Crippen LogP contribution < -0.4 is 5.32 Å². The van der Waals surface area contributed by atoms with Crippen LogP contribution in [-0.2, 0) is 20.9 Å². The Hall–Kier alpha value is -2.25. The third kappa shape index (κ3) is 5.93. The van der Waals surface area contributed by atoms with Crippen molar-refractivity contribution in [3.05, 3.63) is 51.5 Å². The number of rotatable bonds is 8. The van der Waals surface area contributed by atoms with E-state index in [0.717, 1.165) is 16.1 Å². The van der Waals surface area contributed by atoms with Crippen LogP contribution in [0.25, 0.3) is 0 Å². The van der Waals surface area contributed by atoms with Gasteiger partial charge in [-0.05, 0) is 26.3 Å². The molecule has 1 aromatic heterocycles. The number of ether oxygens (including phenoxy) is 2. The highest BCUT2D eigenvalue weighted by molar-refractivity contribution is 7.09. The molecule has 0 bridgehead atoms. The van der Waals surface area contributed by atoms with Crippen molar-refractivity contribution in [1.82, 2.24) is 10.3 Å². The van der Waals surface area contributed by atoms with Gasteiger partial charge in [0, 0.05) is 12.5 Å². The maximum atomic E-state index is 12.6. The Labute approximate surface area is 157 Å². The molecule has 140 valence electrons. The zero-order valence-electron chi connectivity index (χ0n) is 15.4. The molecule has 26 heavy (non-hydrogen) atoms. The van der Waals surface area contributed by atoms with E-state index in [1.807, 2.05) is 31.2 Å². The molecule has 2 rings (SSSR count). The van der Waals surface area contributed by atoms with E-state index in [0.29, 0.717) is 12.3 Å². The van der Waals surface area contributed by atoms with Crippen molar-refractivity contribution in [2.24, 2.45) is 0 Å². The molecule has 0 spiro atoms. The normalized spacial score (nSPS) is 12.0. The molecule has 0 radical (unpaired) electrons. The van der Waals surface area contributed by atoms with Crippen molar-refractivity contribution in [3.8, 4) is 0 Å². The predicted molar refractivity (Wildman–Crippen MR) is 100 cm³/mol. The van der Waals surface area contributed by atoms with Crippen LogP contribution in [0, 0.1) is 6.92 Å². The van der Waals surface area contributed by atoms with E-state index in [1.54, 1.807) is 26.3 Å². The first-order valence-electron chi connectivity index (χ1n) is 8.39. The molecule has 1 atom stereocenters. The molecule has 1 unspecified atom stereocenters. The van der Waals surface area contributed by atoms with E-state index < -0.39 is 6.04 Å². The number of esters is 1. The van der Waals surface area contributed by atoms with Gasteiger partial charge in [-0.15, -0.1) is 11.3 Å². The highest BCUT2D eigenvalue weighted by Crippen LogP contribution is 2.20. The summed E-state index contributed by atoms with van der Waals surface area (Å²) < 4.78 is 10.3. The average molecular weight is 376 g/mol. The van der Waals surface area contributed by atoms with Crippen molar-refractivity contribution < 1.29 is 19.1 Å². The quantitative estimate of drug-likeness (QED) is 0.715. The Bertz CT molecular complexity index is 740. The van der Waals surface area contributed by atoms with Gasteiger partial charge in [-0.1, -0.05) is 29.8 Å². The number of nitrogens with one attached hydrogen (secondary N) is 1. The number of hydrogen-bond donors (Lipinski definition) is 1. The summed E-state index contributed by atoms with van der Waals surface area (Å²) >= 11 is 1.36. The first-order valence-corrected chi connectivity index (χ1v) is 9.27. The molecule has 1 amide bonds. The summed E-state index contributed by atoms with van der Waals surface area (Å²) in [6, 6.07) is 7.21. The number of aryl methyl sites for hydroxylation is 1. The lowest BCUT2D eigenvalue weighted by molar-refractivity contribution is -0.147. The van der Waals surface area contributed by atoms with Crippen LogP contribution in [0.2, 0.25) is 0 Å². The fourth-order valence-electron chi connectivity index (χ4n) is 2.37. The second-order valence-corrected chi connectivity index (χ2v) is 7.18. The lowest BCUT2D eigenvalue weighted by Crippen LogP contribution is -2.31. The minimum atomic E-state index is -0.484. The highest BCUT2D eigenvalue weighted by atomic mass is 32.1. The molecule has 0 fully saturated rings. The molecule has 2 aromatic rings. The summed E-state index contributed by atoms with van der Waals surface area (Å²) in [5, 5.41) is 5.30. The molecule has 0 aliphatic heterocycles. The van der Waals surface area contributed by atoms with Gasteiger partial charge in [0.1, 0.15) is 10.7 Å². The Morgan fingerprint density at radius 2 is 1.92 bits per heavy atom. The number of amides is 1.